The standard InChI is InChI=1S/C12H15ClN2O2S/c13-11-3-1-2-4-12(11)18(16,17)15-7-9-5-14-6-10(9)8-15/h1-4,9-10,14H,5-8H2/t9-,10+. The Hall–Kier alpha value is -0.620. The van der Waals surface area contributed by atoms with Gasteiger partial charge >= 0.3 is 0 Å². The molecule has 1 N–H and O–H groups in total. The summed E-state index contributed by atoms with van der Waals surface area (Å²) in [6, 6.07) is 6.64. The first kappa shape index (κ1) is 12.4. The van der Waals surface area contributed by atoms with E-state index in [1.807, 2.05) is 0 Å². The Morgan fingerprint density at radius 3 is 2.39 bits per heavy atom. The van der Waals surface area contributed by atoms with Crippen molar-refractivity contribution < 1.29 is 8.42 Å². The highest BCUT2D eigenvalue weighted by Crippen LogP contribution is 2.32. The monoisotopic (exact) mass is 286 g/mol. The summed E-state index contributed by atoms with van der Waals surface area (Å²) < 4.78 is 26.6. The fraction of sp³-hybridized carbons (Fsp3) is 0.500. The van der Waals surface area contributed by atoms with Crippen LogP contribution in [0.15, 0.2) is 29.2 Å². The zero-order valence-electron chi connectivity index (χ0n) is 9.84. The molecule has 0 bridgehead atoms. The molecule has 0 aliphatic carbocycles. The van der Waals surface area contributed by atoms with Crippen molar-refractivity contribution in [1.82, 2.24) is 9.62 Å². The third-order valence-electron chi connectivity index (χ3n) is 3.81. The molecular formula is C12H15ClN2O2S. The lowest BCUT2D eigenvalue weighted by Crippen LogP contribution is -2.32. The Morgan fingerprint density at radius 2 is 1.78 bits per heavy atom. The molecule has 3 rings (SSSR count). The fourth-order valence-corrected chi connectivity index (χ4v) is 4.85. The van der Waals surface area contributed by atoms with Crippen LogP contribution in [0.25, 0.3) is 0 Å². The lowest BCUT2D eigenvalue weighted by atomic mass is 10.0. The van der Waals surface area contributed by atoms with Crippen LogP contribution in [0.3, 0.4) is 0 Å². The Kier molecular flexibility index (Phi) is 3.10. The Morgan fingerprint density at radius 1 is 1.17 bits per heavy atom. The van der Waals surface area contributed by atoms with E-state index in [9.17, 15) is 8.42 Å². The molecule has 1 aromatic rings. The number of nitrogens with zero attached hydrogens (tertiary/aromatic N) is 1. The summed E-state index contributed by atoms with van der Waals surface area (Å²) in [5.74, 6) is 0.893. The second-order valence-electron chi connectivity index (χ2n) is 4.93. The van der Waals surface area contributed by atoms with Gasteiger partial charge in [-0.15, -0.1) is 0 Å². The number of hydrogen-bond acceptors (Lipinski definition) is 3. The second-order valence-corrected chi connectivity index (χ2v) is 7.24. The summed E-state index contributed by atoms with van der Waals surface area (Å²) in [6.07, 6.45) is 0. The van der Waals surface area contributed by atoms with Gasteiger partial charge in [-0.3, -0.25) is 0 Å². The van der Waals surface area contributed by atoms with Gasteiger partial charge < -0.3 is 5.32 Å². The molecule has 0 radical (unpaired) electrons. The summed E-state index contributed by atoms with van der Waals surface area (Å²) in [6.45, 7) is 3.04. The van der Waals surface area contributed by atoms with Crippen LogP contribution in [-0.4, -0.2) is 38.9 Å². The first-order valence-corrected chi connectivity index (χ1v) is 7.86. The SMILES string of the molecule is O=S(=O)(c1ccccc1Cl)N1C[C@H]2CNC[C@H]2C1. The highest BCUT2D eigenvalue weighted by Gasteiger charge is 2.41. The predicted octanol–water partition coefficient (Wildman–Crippen LogP) is 1.18. The molecule has 18 heavy (non-hydrogen) atoms. The normalized spacial score (nSPS) is 28.5. The quantitative estimate of drug-likeness (QED) is 0.888. The molecule has 6 heteroatoms. The minimum atomic E-state index is -3.44. The molecule has 4 nitrogen and oxygen atoms in total. The number of nitrogens with one attached hydrogen (secondary N) is 1. The Balaban J connectivity index is 1.90. The molecule has 2 aliphatic heterocycles. The Labute approximate surface area is 112 Å². The van der Waals surface area contributed by atoms with Crippen LogP contribution in [0.5, 0.6) is 0 Å². The number of halogens is 1. The smallest absolute Gasteiger partial charge is 0.244 e. The van der Waals surface area contributed by atoms with Gasteiger partial charge in [0, 0.05) is 13.1 Å². The third kappa shape index (κ3) is 1.95. The molecule has 1 aromatic carbocycles. The van der Waals surface area contributed by atoms with Crippen LogP contribution in [-0.2, 0) is 10.0 Å². The number of hydrogen-bond donors (Lipinski definition) is 1. The molecule has 0 unspecified atom stereocenters. The zero-order valence-corrected chi connectivity index (χ0v) is 11.4. The predicted molar refractivity (Wildman–Crippen MR) is 70.1 cm³/mol. The van der Waals surface area contributed by atoms with Crippen LogP contribution in [0.4, 0.5) is 0 Å². The molecule has 2 fully saturated rings. The summed E-state index contributed by atoms with van der Waals surface area (Å²) in [4.78, 5) is 0.222. The first-order chi connectivity index (χ1) is 8.59. The van der Waals surface area contributed by atoms with Gasteiger partial charge in [0.15, 0.2) is 0 Å². The zero-order chi connectivity index (χ0) is 12.8. The minimum absolute atomic E-state index is 0.222. The molecule has 98 valence electrons. The van der Waals surface area contributed by atoms with Gasteiger partial charge in [0.05, 0.1) is 5.02 Å². The second kappa shape index (κ2) is 4.49. The Bertz CT molecular complexity index is 549. The average molecular weight is 287 g/mol. The van der Waals surface area contributed by atoms with Gasteiger partial charge in [-0.05, 0) is 37.1 Å². The van der Waals surface area contributed by atoms with Gasteiger partial charge in [0.1, 0.15) is 4.90 Å². The highest BCUT2D eigenvalue weighted by atomic mass is 35.5. The molecule has 2 heterocycles. The summed E-state index contributed by atoms with van der Waals surface area (Å²) in [5, 5.41) is 3.60. The van der Waals surface area contributed by atoms with E-state index in [1.54, 1.807) is 28.6 Å². The van der Waals surface area contributed by atoms with Crippen molar-refractivity contribution in [3.63, 3.8) is 0 Å². The number of sulfonamides is 1. The van der Waals surface area contributed by atoms with Gasteiger partial charge in [0.2, 0.25) is 10.0 Å². The lowest BCUT2D eigenvalue weighted by molar-refractivity contribution is 0.448. The van der Waals surface area contributed by atoms with Crippen LogP contribution in [0.1, 0.15) is 0 Å². The van der Waals surface area contributed by atoms with Gasteiger partial charge in [0.25, 0.3) is 0 Å². The summed E-state index contributed by atoms with van der Waals surface area (Å²) in [7, 11) is -3.44. The van der Waals surface area contributed by atoms with E-state index in [4.69, 9.17) is 11.6 Å². The molecule has 0 spiro atoms. The molecular weight excluding hydrogens is 272 g/mol. The summed E-state index contributed by atoms with van der Waals surface area (Å²) >= 11 is 5.99. The third-order valence-corrected chi connectivity index (χ3v) is 6.14. The van der Waals surface area contributed by atoms with Crippen LogP contribution >= 0.6 is 11.6 Å². The molecule has 2 atom stereocenters. The van der Waals surface area contributed by atoms with Crippen molar-refractivity contribution in [1.29, 1.82) is 0 Å². The summed E-state index contributed by atoms with van der Waals surface area (Å²) in [5.41, 5.74) is 0. The van der Waals surface area contributed by atoms with E-state index < -0.39 is 10.0 Å². The maximum atomic E-state index is 12.5. The minimum Gasteiger partial charge on any atom is -0.316 e. The van der Waals surface area contributed by atoms with Crippen molar-refractivity contribution in [3.05, 3.63) is 29.3 Å². The van der Waals surface area contributed by atoms with Crippen molar-refractivity contribution in [3.8, 4) is 0 Å². The van der Waals surface area contributed by atoms with E-state index in [1.165, 1.54) is 0 Å². The number of rotatable bonds is 2. The maximum absolute atomic E-state index is 12.5. The van der Waals surface area contributed by atoms with Crippen molar-refractivity contribution in [2.75, 3.05) is 26.2 Å². The van der Waals surface area contributed by atoms with Crippen LogP contribution < -0.4 is 5.32 Å². The van der Waals surface area contributed by atoms with Crippen molar-refractivity contribution in [2.24, 2.45) is 11.8 Å². The molecule has 2 saturated heterocycles. The topological polar surface area (TPSA) is 49.4 Å². The molecule has 0 amide bonds. The van der Waals surface area contributed by atoms with Crippen molar-refractivity contribution >= 4 is 21.6 Å². The fourth-order valence-electron chi connectivity index (χ4n) is 2.80. The largest absolute Gasteiger partial charge is 0.316 e. The molecule has 0 saturated carbocycles. The van der Waals surface area contributed by atoms with Gasteiger partial charge in [-0.25, -0.2) is 8.42 Å². The van der Waals surface area contributed by atoms with E-state index in [0.717, 1.165) is 13.1 Å². The van der Waals surface area contributed by atoms with Crippen molar-refractivity contribution in [2.45, 2.75) is 4.90 Å². The maximum Gasteiger partial charge on any atom is 0.244 e. The van der Waals surface area contributed by atoms with Gasteiger partial charge in [-0.1, -0.05) is 23.7 Å². The molecule has 0 aromatic heterocycles. The number of benzene rings is 1. The molecule has 2 aliphatic rings. The van der Waals surface area contributed by atoms with Gasteiger partial charge in [-0.2, -0.15) is 4.31 Å². The first-order valence-electron chi connectivity index (χ1n) is 6.04. The highest BCUT2D eigenvalue weighted by molar-refractivity contribution is 7.89. The van der Waals surface area contributed by atoms with E-state index >= 15 is 0 Å². The van der Waals surface area contributed by atoms with Crippen LogP contribution in [0, 0.1) is 11.8 Å². The lowest BCUT2D eigenvalue weighted by Gasteiger charge is -2.18. The van der Waals surface area contributed by atoms with E-state index in [0.29, 0.717) is 29.9 Å². The van der Waals surface area contributed by atoms with E-state index in [-0.39, 0.29) is 4.90 Å². The van der Waals surface area contributed by atoms with E-state index in [2.05, 4.69) is 5.32 Å². The van der Waals surface area contributed by atoms with Crippen LogP contribution in [0.2, 0.25) is 5.02 Å². The average Bonchev–Trinajstić information content (AvgIpc) is 2.89. The number of fused-ring (bicyclic) bond motifs is 1.